The first kappa shape index (κ1) is 16.8. The summed E-state index contributed by atoms with van der Waals surface area (Å²) in [4.78, 5) is 24.3. The van der Waals surface area contributed by atoms with Crippen LogP contribution in [-0.2, 0) is 16.0 Å². The lowest BCUT2D eigenvalue weighted by Crippen LogP contribution is -2.39. The maximum Gasteiger partial charge on any atom is 0.375 e. The van der Waals surface area contributed by atoms with Crippen LogP contribution in [0.5, 0.6) is 0 Å². The van der Waals surface area contributed by atoms with Crippen LogP contribution in [-0.4, -0.2) is 18.0 Å². The minimum Gasteiger partial charge on any atom is -0.447 e. The number of furan rings is 1. The van der Waals surface area contributed by atoms with Gasteiger partial charge in [0, 0.05) is 0 Å². The largest absolute Gasteiger partial charge is 0.447 e. The lowest BCUT2D eigenvalue weighted by atomic mass is 9.87. The second kappa shape index (κ2) is 7.21. The average Bonchev–Trinajstić information content (AvgIpc) is 3.01. The van der Waals surface area contributed by atoms with Crippen LogP contribution in [0, 0.1) is 0 Å². The number of carbonyl (C=O) groups is 2. The molecule has 0 aliphatic heterocycles. The summed E-state index contributed by atoms with van der Waals surface area (Å²) < 4.78 is 10.7. The van der Waals surface area contributed by atoms with Crippen molar-refractivity contribution in [3.05, 3.63) is 58.0 Å². The van der Waals surface area contributed by atoms with Crippen LogP contribution in [0.3, 0.4) is 0 Å². The summed E-state index contributed by atoms with van der Waals surface area (Å²) in [6.07, 6.45) is 2.04. The predicted octanol–water partition coefficient (Wildman–Crippen LogP) is 3.78. The van der Waals surface area contributed by atoms with E-state index in [1.165, 1.54) is 11.6 Å². The van der Waals surface area contributed by atoms with Gasteiger partial charge < -0.3 is 14.5 Å². The number of rotatable bonds is 4. The molecule has 2 aromatic rings. The highest BCUT2D eigenvalue weighted by atomic mass is 79.9. The van der Waals surface area contributed by atoms with Crippen LogP contribution in [0.2, 0.25) is 0 Å². The molecule has 24 heavy (non-hydrogen) atoms. The van der Waals surface area contributed by atoms with E-state index in [-0.39, 0.29) is 17.7 Å². The van der Waals surface area contributed by atoms with Crippen molar-refractivity contribution < 1.29 is 18.7 Å². The summed E-state index contributed by atoms with van der Waals surface area (Å²) in [6, 6.07) is 11.2. The number of nitrogens with one attached hydrogen (secondary N) is 1. The summed E-state index contributed by atoms with van der Waals surface area (Å²) in [7, 11) is 0. The number of esters is 1. The first-order valence-electron chi connectivity index (χ1n) is 7.89. The number of halogens is 1. The summed E-state index contributed by atoms with van der Waals surface area (Å²) in [5, 5.41) is 2.98. The topological polar surface area (TPSA) is 68.5 Å². The van der Waals surface area contributed by atoms with Crippen LogP contribution >= 0.6 is 15.9 Å². The van der Waals surface area contributed by atoms with Gasteiger partial charge >= 0.3 is 5.97 Å². The maximum atomic E-state index is 12.4. The van der Waals surface area contributed by atoms with Crippen molar-refractivity contribution in [3.8, 4) is 0 Å². The van der Waals surface area contributed by atoms with Crippen molar-refractivity contribution in [1.82, 2.24) is 5.32 Å². The van der Waals surface area contributed by atoms with Gasteiger partial charge in [0.2, 0.25) is 5.76 Å². The number of hydrogen-bond acceptors (Lipinski definition) is 4. The third kappa shape index (κ3) is 3.70. The third-order valence-corrected chi connectivity index (χ3v) is 4.54. The van der Waals surface area contributed by atoms with E-state index in [9.17, 15) is 9.59 Å². The molecule has 0 saturated carbocycles. The molecule has 0 fully saturated rings. The Morgan fingerprint density at radius 2 is 2.08 bits per heavy atom. The normalized spacial score (nSPS) is 17.7. The number of aryl methyl sites for hydroxylation is 1. The molecule has 0 bridgehead atoms. The first-order chi connectivity index (χ1) is 11.5. The van der Waals surface area contributed by atoms with Crippen molar-refractivity contribution in [1.29, 1.82) is 0 Å². The number of amides is 1. The van der Waals surface area contributed by atoms with E-state index in [0.29, 0.717) is 4.67 Å². The summed E-state index contributed by atoms with van der Waals surface area (Å²) in [6.45, 7) is 1.56. The van der Waals surface area contributed by atoms with E-state index >= 15 is 0 Å². The lowest BCUT2D eigenvalue weighted by molar-refractivity contribution is -0.130. The lowest BCUT2D eigenvalue weighted by Gasteiger charge is -2.27. The molecule has 5 nitrogen and oxygen atoms in total. The zero-order chi connectivity index (χ0) is 17.1. The Balaban J connectivity index is 1.62. The highest BCUT2D eigenvalue weighted by Crippen LogP contribution is 2.29. The average molecular weight is 392 g/mol. The molecule has 1 aromatic carbocycles. The SMILES string of the molecule is C[C@@H](OC(=O)c1ccc(Br)o1)C(=O)N[C@@H]1CCCc2ccccc21. The molecule has 3 rings (SSSR count). The molecule has 6 heteroatoms. The predicted molar refractivity (Wildman–Crippen MR) is 91.5 cm³/mol. The molecule has 1 N–H and O–H groups in total. The first-order valence-corrected chi connectivity index (χ1v) is 8.68. The van der Waals surface area contributed by atoms with Crippen LogP contribution in [0.15, 0.2) is 45.5 Å². The fourth-order valence-electron chi connectivity index (χ4n) is 2.89. The van der Waals surface area contributed by atoms with Gasteiger partial charge in [-0.3, -0.25) is 4.79 Å². The zero-order valence-corrected chi connectivity index (χ0v) is 14.8. The molecule has 1 aromatic heterocycles. The molecule has 1 heterocycles. The fourth-order valence-corrected chi connectivity index (χ4v) is 3.20. The van der Waals surface area contributed by atoms with Crippen molar-refractivity contribution in [2.24, 2.45) is 0 Å². The van der Waals surface area contributed by atoms with Gasteiger partial charge in [-0.2, -0.15) is 0 Å². The van der Waals surface area contributed by atoms with E-state index in [1.807, 2.05) is 18.2 Å². The Morgan fingerprint density at radius 1 is 1.29 bits per heavy atom. The van der Waals surface area contributed by atoms with Crippen molar-refractivity contribution >= 4 is 27.8 Å². The molecule has 0 radical (unpaired) electrons. The Morgan fingerprint density at radius 3 is 2.83 bits per heavy atom. The standard InChI is InChI=1S/C18H18BrNO4/c1-11(23-18(22)15-9-10-16(19)24-15)17(21)20-14-8-4-6-12-5-2-3-7-13(12)14/h2-3,5,7,9-11,14H,4,6,8H2,1H3,(H,20,21)/t11-,14-/m1/s1. The van der Waals surface area contributed by atoms with E-state index in [0.717, 1.165) is 24.8 Å². The van der Waals surface area contributed by atoms with Gasteiger partial charge in [-0.15, -0.1) is 0 Å². The van der Waals surface area contributed by atoms with E-state index in [1.54, 1.807) is 13.0 Å². The van der Waals surface area contributed by atoms with Gasteiger partial charge in [0.25, 0.3) is 5.91 Å². The van der Waals surface area contributed by atoms with E-state index < -0.39 is 12.1 Å². The number of fused-ring (bicyclic) bond motifs is 1. The number of benzene rings is 1. The second-order valence-corrected chi connectivity index (χ2v) is 6.59. The van der Waals surface area contributed by atoms with Crippen LogP contribution in [0.25, 0.3) is 0 Å². The van der Waals surface area contributed by atoms with Crippen molar-refractivity contribution in [3.63, 3.8) is 0 Å². The molecule has 0 saturated heterocycles. The van der Waals surface area contributed by atoms with Gasteiger partial charge in [0.15, 0.2) is 10.8 Å². The third-order valence-electron chi connectivity index (χ3n) is 4.11. The van der Waals surface area contributed by atoms with E-state index in [2.05, 4.69) is 27.3 Å². The Bertz CT molecular complexity index is 755. The minimum absolute atomic E-state index is 0.0404. The van der Waals surface area contributed by atoms with Crippen LogP contribution < -0.4 is 5.32 Å². The second-order valence-electron chi connectivity index (χ2n) is 5.80. The summed E-state index contributed by atoms with van der Waals surface area (Å²) in [5.41, 5.74) is 2.41. The van der Waals surface area contributed by atoms with Crippen molar-refractivity contribution in [2.75, 3.05) is 0 Å². The highest BCUT2D eigenvalue weighted by Gasteiger charge is 2.26. The number of ether oxygens (including phenoxy) is 1. The van der Waals surface area contributed by atoms with Gasteiger partial charge in [-0.05, 0) is 65.4 Å². The number of hydrogen-bond donors (Lipinski definition) is 1. The number of carbonyl (C=O) groups excluding carboxylic acids is 2. The molecule has 1 amide bonds. The minimum atomic E-state index is -0.893. The van der Waals surface area contributed by atoms with Gasteiger partial charge in [-0.25, -0.2) is 4.79 Å². The molecule has 126 valence electrons. The van der Waals surface area contributed by atoms with Gasteiger partial charge in [0.1, 0.15) is 0 Å². The molecule has 1 aliphatic carbocycles. The maximum absolute atomic E-state index is 12.4. The smallest absolute Gasteiger partial charge is 0.375 e. The fraction of sp³-hybridized carbons (Fsp3) is 0.333. The molecule has 2 atom stereocenters. The van der Waals surface area contributed by atoms with Crippen LogP contribution in [0.1, 0.15) is 47.5 Å². The Kier molecular flexibility index (Phi) is 5.04. The van der Waals surface area contributed by atoms with E-state index in [4.69, 9.17) is 9.15 Å². The quantitative estimate of drug-likeness (QED) is 0.805. The summed E-state index contributed by atoms with van der Waals surface area (Å²) in [5.74, 6) is -0.910. The molecule has 0 spiro atoms. The molecule has 1 aliphatic rings. The van der Waals surface area contributed by atoms with Crippen LogP contribution in [0.4, 0.5) is 0 Å². The monoisotopic (exact) mass is 391 g/mol. The van der Waals surface area contributed by atoms with Gasteiger partial charge in [0.05, 0.1) is 6.04 Å². The Labute approximate surface area is 148 Å². The summed E-state index contributed by atoms with van der Waals surface area (Å²) >= 11 is 3.12. The van der Waals surface area contributed by atoms with Crippen molar-refractivity contribution in [2.45, 2.75) is 38.3 Å². The highest BCUT2D eigenvalue weighted by molar-refractivity contribution is 9.10. The molecular weight excluding hydrogens is 374 g/mol. The molecular formula is C18H18BrNO4. The molecule has 0 unspecified atom stereocenters. The zero-order valence-electron chi connectivity index (χ0n) is 13.3. The van der Waals surface area contributed by atoms with Gasteiger partial charge in [-0.1, -0.05) is 24.3 Å². The Hall–Kier alpha value is -2.08.